The van der Waals surface area contributed by atoms with Crippen molar-refractivity contribution in [1.82, 2.24) is 4.98 Å². The molecule has 19 heavy (non-hydrogen) atoms. The van der Waals surface area contributed by atoms with Crippen molar-refractivity contribution >= 4 is 0 Å². The highest BCUT2D eigenvalue weighted by Gasteiger charge is 2.52. The Morgan fingerprint density at radius 3 is 2.37 bits per heavy atom. The third-order valence-electron chi connectivity index (χ3n) is 5.21. The Kier molecular flexibility index (Phi) is 2.35. The summed E-state index contributed by atoms with van der Waals surface area (Å²) in [5.74, 6) is 3.25. The van der Waals surface area contributed by atoms with E-state index in [1.807, 2.05) is 0 Å². The molecule has 0 aliphatic heterocycles. The molecular weight excluding hydrogens is 236 g/mol. The van der Waals surface area contributed by atoms with Crippen LogP contribution in [0.1, 0.15) is 44.1 Å². The smallest absolute Gasteiger partial charge is 0.156 e. The van der Waals surface area contributed by atoms with Gasteiger partial charge in [-0.25, -0.2) is 0 Å². The molecule has 1 heterocycles. The van der Waals surface area contributed by atoms with Gasteiger partial charge in [-0.3, -0.25) is 4.98 Å². The lowest BCUT2D eigenvalue weighted by Gasteiger charge is -2.56. The summed E-state index contributed by atoms with van der Waals surface area (Å²) < 4.78 is 6.35. The molecule has 1 aromatic rings. The Morgan fingerprint density at radius 2 is 1.79 bits per heavy atom. The van der Waals surface area contributed by atoms with Gasteiger partial charge < -0.3 is 4.74 Å². The first-order valence-electron chi connectivity index (χ1n) is 7.29. The second-order valence-corrected chi connectivity index (χ2v) is 6.69. The van der Waals surface area contributed by atoms with Crippen LogP contribution < -0.4 is 4.74 Å². The molecular formula is C16H18N2O. The molecule has 4 aliphatic carbocycles. The minimum atomic E-state index is 0.00336. The zero-order valence-electron chi connectivity index (χ0n) is 11.0. The molecule has 5 rings (SSSR count). The third kappa shape index (κ3) is 1.82. The number of pyridine rings is 1. The molecule has 4 bridgehead atoms. The molecule has 0 N–H and O–H groups in total. The zero-order valence-corrected chi connectivity index (χ0v) is 11.0. The maximum atomic E-state index is 9.17. The Bertz CT molecular complexity index is 511. The summed E-state index contributed by atoms with van der Waals surface area (Å²) in [6.45, 7) is 0. The van der Waals surface area contributed by atoms with Crippen LogP contribution in [0.3, 0.4) is 0 Å². The molecule has 0 spiro atoms. The van der Waals surface area contributed by atoms with E-state index in [4.69, 9.17) is 4.74 Å². The Balaban J connectivity index is 1.64. The van der Waals surface area contributed by atoms with E-state index in [1.165, 1.54) is 38.5 Å². The zero-order chi connectivity index (χ0) is 12.9. The summed E-state index contributed by atoms with van der Waals surface area (Å²) >= 11 is 0. The molecule has 0 radical (unpaired) electrons. The van der Waals surface area contributed by atoms with Crippen LogP contribution in [0.4, 0.5) is 0 Å². The quantitative estimate of drug-likeness (QED) is 0.813. The summed E-state index contributed by atoms with van der Waals surface area (Å²) in [6.07, 6.45) is 11.1. The van der Waals surface area contributed by atoms with Crippen molar-refractivity contribution in [2.24, 2.45) is 17.8 Å². The number of aromatic nitrogens is 1. The molecule has 98 valence electrons. The Morgan fingerprint density at radius 1 is 1.16 bits per heavy atom. The van der Waals surface area contributed by atoms with Gasteiger partial charge in [0.25, 0.3) is 0 Å². The maximum absolute atomic E-state index is 9.17. The molecule has 4 aliphatic rings. The van der Waals surface area contributed by atoms with Gasteiger partial charge in [-0.05, 0) is 62.3 Å². The summed E-state index contributed by atoms with van der Waals surface area (Å²) in [6, 6.07) is 3.96. The van der Waals surface area contributed by atoms with Crippen molar-refractivity contribution in [3.8, 4) is 11.8 Å². The van der Waals surface area contributed by atoms with Crippen molar-refractivity contribution in [1.29, 1.82) is 5.26 Å². The average molecular weight is 254 g/mol. The second kappa shape index (κ2) is 3.96. The molecule has 0 saturated heterocycles. The van der Waals surface area contributed by atoms with Crippen LogP contribution in [0.25, 0.3) is 0 Å². The maximum Gasteiger partial charge on any atom is 0.156 e. The number of rotatable bonds is 2. The molecule has 3 nitrogen and oxygen atoms in total. The number of ether oxygens (including phenoxy) is 1. The molecule has 4 saturated carbocycles. The highest BCUT2D eigenvalue weighted by molar-refractivity contribution is 5.40. The van der Waals surface area contributed by atoms with Crippen LogP contribution in [0.15, 0.2) is 18.5 Å². The fraction of sp³-hybridized carbons (Fsp3) is 0.625. The van der Waals surface area contributed by atoms with Gasteiger partial charge in [0.2, 0.25) is 0 Å². The predicted octanol–water partition coefficient (Wildman–Crippen LogP) is 3.30. The number of nitriles is 1. The van der Waals surface area contributed by atoms with Gasteiger partial charge in [0.15, 0.2) is 5.75 Å². The van der Waals surface area contributed by atoms with Crippen molar-refractivity contribution in [2.45, 2.75) is 44.1 Å². The van der Waals surface area contributed by atoms with Crippen LogP contribution in [0.5, 0.6) is 5.75 Å². The first-order valence-corrected chi connectivity index (χ1v) is 7.29. The molecule has 0 atom stereocenters. The van der Waals surface area contributed by atoms with Crippen LogP contribution in [-0.2, 0) is 0 Å². The average Bonchev–Trinajstić information content (AvgIpc) is 2.37. The first kappa shape index (κ1) is 11.3. The highest BCUT2D eigenvalue weighted by Crippen LogP contribution is 2.57. The van der Waals surface area contributed by atoms with E-state index in [0.29, 0.717) is 11.3 Å². The van der Waals surface area contributed by atoms with E-state index in [9.17, 15) is 5.26 Å². The van der Waals surface area contributed by atoms with Gasteiger partial charge >= 0.3 is 0 Å². The lowest BCUT2D eigenvalue weighted by Crippen LogP contribution is -2.53. The lowest BCUT2D eigenvalue weighted by atomic mass is 9.54. The predicted molar refractivity (Wildman–Crippen MR) is 70.5 cm³/mol. The second-order valence-electron chi connectivity index (χ2n) is 6.69. The standard InChI is InChI=1S/C16H18N2O/c17-9-14-1-2-18-10-15(14)19-16-6-11-3-12(7-16)5-13(4-11)8-16/h1-2,10-13H,3-8H2. The molecule has 0 aromatic carbocycles. The Labute approximate surface area is 113 Å². The monoisotopic (exact) mass is 254 g/mol. The summed E-state index contributed by atoms with van der Waals surface area (Å²) in [4.78, 5) is 4.12. The van der Waals surface area contributed by atoms with Crippen molar-refractivity contribution in [3.63, 3.8) is 0 Å². The van der Waals surface area contributed by atoms with E-state index < -0.39 is 0 Å². The molecule has 0 amide bonds. The van der Waals surface area contributed by atoms with Crippen molar-refractivity contribution in [2.75, 3.05) is 0 Å². The lowest BCUT2D eigenvalue weighted by molar-refractivity contribution is -0.107. The number of hydrogen-bond donors (Lipinski definition) is 0. The summed E-state index contributed by atoms with van der Waals surface area (Å²) in [7, 11) is 0. The molecule has 3 heteroatoms. The number of hydrogen-bond acceptors (Lipinski definition) is 3. The van der Waals surface area contributed by atoms with Gasteiger partial charge in [-0.15, -0.1) is 0 Å². The SMILES string of the molecule is N#Cc1ccncc1OC12CC3CC(CC(C3)C1)C2. The summed E-state index contributed by atoms with van der Waals surface area (Å²) in [5, 5.41) is 9.17. The van der Waals surface area contributed by atoms with Crippen LogP contribution in [-0.4, -0.2) is 10.6 Å². The minimum absolute atomic E-state index is 0.00336. The highest BCUT2D eigenvalue weighted by atomic mass is 16.5. The van der Waals surface area contributed by atoms with E-state index in [1.54, 1.807) is 18.5 Å². The van der Waals surface area contributed by atoms with Gasteiger partial charge in [0, 0.05) is 6.20 Å². The molecule has 1 aromatic heterocycles. The minimum Gasteiger partial charge on any atom is -0.484 e. The van der Waals surface area contributed by atoms with Crippen molar-refractivity contribution in [3.05, 3.63) is 24.0 Å². The third-order valence-corrected chi connectivity index (χ3v) is 5.21. The van der Waals surface area contributed by atoms with Crippen LogP contribution in [0.2, 0.25) is 0 Å². The van der Waals surface area contributed by atoms with Gasteiger partial charge in [0.1, 0.15) is 11.7 Å². The molecule has 4 fully saturated rings. The normalized spacial score (nSPS) is 39.0. The fourth-order valence-corrected chi connectivity index (χ4v) is 4.94. The number of nitrogens with zero attached hydrogens (tertiary/aromatic N) is 2. The van der Waals surface area contributed by atoms with Crippen LogP contribution in [0, 0.1) is 29.1 Å². The molecule has 0 unspecified atom stereocenters. The van der Waals surface area contributed by atoms with E-state index in [0.717, 1.165) is 17.8 Å². The Hall–Kier alpha value is -1.56. The van der Waals surface area contributed by atoms with Crippen LogP contribution >= 0.6 is 0 Å². The van der Waals surface area contributed by atoms with E-state index in [-0.39, 0.29) is 5.60 Å². The van der Waals surface area contributed by atoms with Crippen molar-refractivity contribution < 1.29 is 4.74 Å². The van der Waals surface area contributed by atoms with E-state index >= 15 is 0 Å². The van der Waals surface area contributed by atoms with Gasteiger partial charge in [0.05, 0.1) is 11.8 Å². The van der Waals surface area contributed by atoms with E-state index in [2.05, 4.69) is 11.1 Å². The van der Waals surface area contributed by atoms with Gasteiger partial charge in [-0.2, -0.15) is 5.26 Å². The largest absolute Gasteiger partial charge is 0.484 e. The topological polar surface area (TPSA) is 45.9 Å². The first-order chi connectivity index (χ1) is 9.26. The summed E-state index contributed by atoms with van der Waals surface area (Å²) in [5.41, 5.74) is 0.620. The van der Waals surface area contributed by atoms with Gasteiger partial charge in [-0.1, -0.05) is 0 Å². The fourth-order valence-electron chi connectivity index (χ4n) is 4.94.